The summed E-state index contributed by atoms with van der Waals surface area (Å²) in [6, 6.07) is 0. The Balaban J connectivity index is 2.71. The highest BCUT2D eigenvalue weighted by Crippen LogP contribution is 2.29. The summed E-state index contributed by atoms with van der Waals surface area (Å²) >= 11 is 5.74. The van der Waals surface area contributed by atoms with Crippen LogP contribution in [-0.4, -0.2) is 4.98 Å². The van der Waals surface area contributed by atoms with Crippen LogP contribution in [0.5, 0.6) is 0 Å². The van der Waals surface area contributed by atoms with Gasteiger partial charge in [0.05, 0.1) is 0 Å². The van der Waals surface area contributed by atoms with Gasteiger partial charge in [-0.1, -0.05) is 12.2 Å². The molecule has 56 valence electrons. The van der Waals surface area contributed by atoms with Crippen molar-refractivity contribution in [3.05, 3.63) is 31.6 Å². The molecule has 2 rings (SSSR count). The van der Waals surface area contributed by atoms with Gasteiger partial charge >= 0.3 is 0 Å². The van der Waals surface area contributed by atoms with Crippen LogP contribution in [0.4, 0.5) is 0 Å². The number of hydrogen-bond acceptors (Lipinski definition) is 1. The average Bonchev–Trinajstić information content (AvgIpc) is 2.45. The van der Waals surface area contributed by atoms with Gasteiger partial charge in [0.25, 0.3) is 0 Å². The number of aromatic nitrogens is 1. The van der Waals surface area contributed by atoms with Crippen molar-refractivity contribution in [1.29, 1.82) is 0 Å². The minimum atomic E-state index is 1.03. The number of pyridine rings is 1. The first-order valence-electron chi connectivity index (χ1n) is 3.28. The molecular formula is C8H5BrIN. The van der Waals surface area contributed by atoms with E-state index in [1.807, 2.05) is 6.20 Å². The van der Waals surface area contributed by atoms with Crippen molar-refractivity contribution in [2.45, 2.75) is 6.42 Å². The summed E-state index contributed by atoms with van der Waals surface area (Å²) in [6.45, 7) is 0. The lowest BCUT2D eigenvalue weighted by Crippen LogP contribution is -1.91. The quantitative estimate of drug-likeness (QED) is 0.529. The lowest BCUT2D eigenvalue weighted by molar-refractivity contribution is 1.15. The van der Waals surface area contributed by atoms with E-state index < -0.39 is 0 Å². The van der Waals surface area contributed by atoms with Gasteiger partial charge in [-0.25, -0.2) is 4.98 Å². The number of rotatable bonds is 0. The molecule has 0 amide bonds. The number of allylic oxidation sites excluding steroid dienone is 1. The standard InChI is InChI=1S/C8H5BrIN/c9-7-4-11-8(10)6-3-1-2-5(6)7/h1-2,4H,3H2. The van der Waals surface area contributed by atoms with Crippen LogP contribution in [0.15, 0.2) is 16.7 Å². The lowest BCUT2D eigenvalue weighted by atomic mass is 10.2. The molecule has 1 aromatic heterocycles. The van der Waals surface area contributed by atoms with E-state index in [0.29, 0.717) is 0 Å². The summed E-state index contributed by atoms with van der Waals surface area (Å²) < 4.78 is 2.22. The Morgan fingerprint density at radius 3 is 3.09 bits per heavy atom. The Bertz CT molecular complexity index is 333. The molecular weight excluding hydrogens is 317 g/mol. The molecule has 0 bridgehead atoms. The molecule has 1 aliphatic carbocycles. The highest BCUT2D eigenvalue weighted by Gasteiger charge is 2.12. The maximum Gasteiger partial charge on any atom is 0.105 e. The van der Waals surface area contributed by atoms with Crippen LogP contribution in [-0.2, 0) is 6.42 Å². The first-order chi connectivity index (χ1) is 5.29. The molecule has 0 atom stereocenters. The van der Waals surface area contributed by atoms with Gasteiger partial charge in [-0.15, -0.1) is 0 Å². The van der Waals surface area contributed by atoms with Crippen molar-refractivity contribution >= 4 is 44.6 Å². The van der Waals surface area contributed by atoms with Crippen LogP contribution in [0, 0.1) is 3.70 Å². The molecule has 1 nitrogen and oxygen atoms in total. The molecule has 0 radical (unpaired) electrons. The maximum absolute atomic E-state index is 4.25. The van der Waals surface area contributed by atoms with E-state index in [1.165, 1.54) is 11.1 Å². The predicted octanol–water partition coefficient (Wildman–Crippen LogP) is 3.02. The van der Waals surface area contributed by atoms with Crippen molar-refractivity contribution in [1.82, 2.24) is 4.98 Å². The average molecular weight is 322 g/mol. The fraction of sp³-hybridized carbons (Fsp3) is 0.125. The Morgan fingerprint density at radius 1 is 1.55 bits per heavy atom. The van der Waals surface area contributed by atoms with Gasteiger partial charge in [0.15, 0.2) is 0 Å². The summed E-state index contributed by atoms with van der Waals surface area (Å²) in [7, 11) is 0. The second-order valence-corrected chi connectivity index (χ2v) is 4.27. The Labute approximate surface area is 87.2 Å². The zero-order valence-corrected chi connectivity index (χ0v) is 9.39. The molecule has 0 unspecified atom stereocenters. The van der Waals surface area contributed by atoms with Crippen LogP contribution < -0.4 is 0 Å². The number of fused-ring (bicyclic) bond motifs is 1. The predicted molar refractivity (Wildman–Crippen MR) is 57.4 cm³/mol. The van der Waals surface area contributed by atoms with E-state index in [0.717, 1.165) is 14.6 Å². The Hall–Kier alpha value is 0.1000. The van der Waals surface area contributed by atoms with Crippen molar-refractivity contribution in [2.75, 3.05) is 0 Å². The van der Waals surface area contributed by atoms with Crippen LogP contribution in [0.25, 0.3) is 6.08 Å². The summed E-state index contributed by atoms with van der Waals surface area (Å²) in [6.07, 6.45) is 7.19. The first kappa shape index (κ1) is 7.73. The van der Waals surface area contributed by atoms with Crippen molar-refractivity contribution in [3.63, 3.8) is 0 Å². The molecule has 0 saturated heterocycles. The molecule has 0 N–H and O–H groups in total. The van der Waals surface area contributed by atoms with Crippen molar-refractivity contribution in [3.8, 4) is 0 Å². The number of halogens is 2. The molecule has 1 aliphatic rings. The van der Waals surface area contributed by atoms with Crippen LogP contribution in [0.3, 0.4) is 0 Å². The zero-order chi connectivity index (χ0) is 7.84. The molecule has 0 fully saturated rings. The molecule has 3 heteroatoms. The second-order valence-electron chi connectivity index (χ2n) is 2.40. The molecule has 0 aromatic carbocycles. The van der Waals surface area contributed by atoms with E-state index in [2.05, 4.69) is 55.7 Å². The van der Waals surface area contributed by atoms with Gasteiger partial charge in [-0.2, -0.15) is 0 Å². The topological polar surface area (TPSA) is 12.9 Å². The molecule has 0 spiro atoms. The highest BCUT2D eigenvalue weighted by atomic mass is 127. The van der Waals surface area contributed by atoms with E-state index in [4.69, 9.17) is 0 Å². The minimum absolute atomic E-state index is 1.03. The van der Waals surface area contributed by atoms with Gasteiger partial charge in [-0.3, -0.25) is 0 Å². The summed E-state index contributed by atoms with van der Waals surface area (Å²) in [5, 5.41) is 0. The van der Waals surface area contributed by atoms with Crippen LogP contribution in [0.2, 0.25) is 0 Å². The van der Waals surface area contributed by atoms with Crippen molar-refractivity contribution in [2.24, 2.45) is 0 Å². The lowest BCUT2D eigenvalue weighted by Gasteiger charge is -2.02. The smallest absolute Gasteiger partial charge is 0.105 e. The summed E-state index contributed by atoms with van der Waals surface area (Å²) in [5.41, 5.74) is 2.64. The van der Waals surface area contributed by atoms with Gasteiger partial charge in [0.1, 0.15) is 3.70 Å². The normalized spacial score (nSPS) is 13.6. The summed E-state index contributed by atoms with van der Waals surface area (Å²) in [4.78, 5) is 4.25. The van der Waals surface area contributed by atoms with Gasteiger partial charge in [-0.05, 0) is 56.1 Å². The molecule has 0 aliphatic heterocycles. The van der Waals surface area contributed by atoms with Gasteiger partial charge < -0.3 is 0 Å². The van der Waals surface area contributed by atoms with E-state index in [1.54, 1.807) is 0 Å². The van der Waals surface area contributed by atoms with E-state index in [-0.39, 0.29) is 0 Å². The Morgan fingerprint density at radius 2 is 2.36 bits per heavy atom. The van der Waals surface area contributed by atoms with Gasteiger partial charge in [0, 0.05) is 10.7 Å². The molecule has 1 aromatic rings. The number of hydrogen-bond donors (Lipinski definition) is 0. The third kappa shape index (κ3) is 1.24. The van der Waals surface area contributed by atoms with Crippen LogP contribution in [0.1, 0.15) is 11.1 Å². The first-order valence-corrected chi connectivity index (χ1v) is 5.15. The maximum atomic E-state index is 4.25. The minimum Gasteiger partial charge on any atom is -0.249 e. The third-order valence-electron chi connectivity index (χ3n) is 1.73. The highest BCUT2D eigenvalue weighted by molar-refractivity contribution is 14.1. The fourth-order valence-corrected chi connectivity index (χ4v) is 2.31. The zero-order valence-electron chi connectivity index (χ0n) is 5.64. The van der Waals surface area contributed by atoms with E-state index >= 15 is 0 Å². The Kier molecular flexibility index (Phi) is 2.01. The third-order valence-corrected chi connectivity index (χ3v) is 3.29. The number of nitrogens with zero attached hydrogens (tertiary/aromatic N) is 1. The SMILES string of the molecule is Brc1cnc(I)c2c1C=CC2. The monoisotopic (exact) mass is 321 g/mol. The van der Waals surface area contributed by atoms with E-state index in [9.17, 15) is 0 Å². The fourth-order valence-electron chi connectivity index (χ4n) is 1.19. The summed E-state index contributed by atoms with van der Waals surface area (Å²) in [5.74, 6) is 0. The molecule has 1 heterocycles. The molecule has 11 heavy (non-hydrogen) atoms. The molecule has 0 saturated carbocycles. The van der Waals surface area contributed by atoms with Crippen molar-refractivity contribution < 1.29 is 0 Å². The van der Waals surface area contributed by atoms with Gasteiger partial charge in [0.2, 0.25) is 0 Å². The second kappa shape index (κ2) is 2.86. The largest absolute Gasteiger partial charge is 0.249 e. The van der Waals surface area contributed by atoms with Crippen LogP contribution >= 0.6 is 38.5 Å².